The number of carbonyl (C=O) groups excluding carboxylic acids is 1. The van der Waals surface area contributed by atoms with E-state index < -0.39 is 11.9 Å². The Morgan fingerprint density at radius 1 is 0.844 bits per heavy atom. The van der Waals surface area contributed by atoms with Crippen LogP contribution in [0.15, 0.2) is 62.6 Å². The topological polar surface area (TPSA) is 124 Å². The molecule has 0 radical (unpaired) electrons. The molecule has 4 rings (SSSR count). The fraction of sp³-hybridized carbons (Fsp3) is 0.136. The van der Waals surface area contributed by atoms with E-state index in [1.165, 1.54) is 0 Å². The molecule has 4 N–H and O–H groups in total. The van der Waals surface area contributed by atoms with Crippen molar-refractivity contribution in [3.63, 3.8) is 0 Å². The van der Waals surface area contributed by atoms with E-state index in [9.17, 15) is 14.4 Å². The summed E-state index contributed by atoms with van der Waals surface area (Å²) in [5, 5.41) is 10.8. The number of H-pyrrole nitrogens is 4. The summed E-state index contributed by atoms with van der Waals surface area (Å²) in [4.78, 5) is 37.4. The van der Waals surface area contributed by atoms with Crippen molar-refractivity contribution in [1.82, 2.24) is 20.4 Å². The van der Waals surface area contributed by atoms with Crippen LogP contribution in [0.4, 0.5) is 0 Å². The maximum atomic E-state index is 12.5. The molecule has 8 nitrogen and oxygen atoms in total. The van der Waals surface area contributed by atoms with Crippen molar-refractivity contribution in [2.45, 2.75) is 19.8 Å². The number of benzene rings is 2. The Kier molecular flexibility index (Phi) is 6.90. The zero-order valence-corrected chi connectivity index (χ0v) is 19.5. The van der Waals surface area contributed by atoms with Crippen LogP contribution in [0.3, 0.4) is 0 Å². The van der Waals surface area contributed by atoms with Crippen LogP contribution in [0, 0.1) is 13.8 Å². The van der Waals surface area contributed by atoms with Crippen LogP contribution >= 0.6 is 28.3 Å². The maximum Gasteiger partial charge on any atom is 0.344 e. The molecular formula is C22H20BrClN4O4. The van der Waals surface area contributed by atoms with Gasteiger partial charge in [-0.05, 0) is 59.6 Å². The molecule has 0 bridgehead atoms. The number of nitrogens with one attached hydrogen (secondary N) is 4. The number of halogens is 2. The summed E-state index contributed by atoms with van der Waals surface area (Å²) in [7, 11) is 0. The van der Waals surface area contributed by atoms with Gasteiger partial charge in [0.05, 0.1) is 16.7 Å². The van der Waals surface area contributed by atoms with Gasteiger partial charge in [-0.15, -0.1) is 12.4 Å². The van der Waals surface area contributed by atoms with Gasteiger partial charge in [0.2, 0.25) is 0 Å². The van der Waals surface area contributed by atoms with E-state index in [0.717, 1.165) is 0 Å². The van der Waals surface area contributed by atoms with Gasteiger partial charge in [0.1, 0.15) is 5.75 Å². The molecule has 0 aliphatic rings. The Morgan fingerprint density at radius 3 is 1.84 bits per heavy atom. The van der Waals surface area contributed by atoms with Crippen LogP contribution in [0.25, 0.3) is 0 Å². The van der Waals surface area contributed by atoms with E-state index in [4.69, 9.17) is 4.74 Å². The molecule has 2 aromatic carbocycles. The molecule has 0 aliphatic carbocycles. The van der Waals surface area contributed by atoms with Gasteiger partial charge in [0.25, 0.3) is 11.1 Å². The van der Waals surface area contributed by atoms with Gasteiger partial charge in [-0.25, -0.2) is 4.79 Å². The van der Waals surface area contributed by atoms with Crippen molar-refractivity contribution in [2.24, 2.45) is 0 Å². The van der Waals surface area contributed by atoms with Crippen molar-refractivity contribution in [2.75, 3.05) is 0 Å². The number of aromatic nitrogens is 4. The number of ether oxygens (including phenoxy) is 1. The number of hydrogen-bond donors (Lipinski definition) is 4. The molecule has 10 heteroatoms. The molecule has 2 heterocycles. The minimum atomic E-state index is -0.599. The molecule has 0 fully saturated rings. The predicted molar refractivity (Wildman–Crippen MR) is 126 cm³/mol. The predicted octanol–water partition coefficient (Wildman–Crippen LogP) is 3.92. The van der Waals surface area contributed by atoms with Gasteiger partial charge in [0.15, 0.2) is 0 Å². The van der Waals surface area contributed by atoms with Crippen LogP contribution in [-0.2, 0) is 0 Å². The first-order valence-corrected chi connectivity index (χ1v) is 10.3. The fourth-order valence-electron chi connectivity index (χ4n) is 3.60. The van der Waals surface area contributed by atoms with Crippen molar-refractivity contribution in [3.05, 3.63) is 107 Å². The third-order valence-electron chi connectivity index (χ3n) is 5.12. The van der Waals surface area contributed by atoms with Crippen LogP contribution in [-0.4, -0.2) is 26.4 Å². The monoisotopic (exact) mass is 518 g/mol. The lowest BCUT2D eigenvalue weighted by Gasteiger charge is -2.16. The standard InChI is InChI=1S/C22H19BrN4O4.ClH/c1-11-17(20(28)26-24-11)19(18-12(2)25-27-21(18)29)13-7-9-14(10-8-13)31-22(30)15-5-3-4-6-16(15)23;/h3-10,19H,1-2H3,(H2,24,26,28)(H2,25,27,29);1H. The quantitative estimate of drug-likeness (QED) is 0.236. The molecule has 0 saturated carbocycles. The highest BCUT2D eigenvalue weighted by Gasteiger charge is 2.28. The summed E-state index contributed by atoms with van der Waals surface area (Å²) >= 11 is 3.34. The number of carbonyl (C=O) groups is 1. The number of aryl methyl sites for hydroxylation is 2. The Morgan fingerprint density at radius 2 is 1.38 bits per heavy atom. The molecule has 0 unspecified atom stereocenters. The zero-order chi connectivity index (χ0) is 22.1. The fourth-order valence-corrected chi connectivity index (χ4v) is 4.05. The third-order valence-corrected chi connectivity index (χ3v) is 5.81. The number of rotatable bonds is 5. The minimum absolute atomic E-state index is 0. The average Bonchev–Trinajstić information content (AvgIpc) is 3.26. The van der Waals surface area contributed by atoms with E-state index in [0.29, 0.717) is 43.9 Å². The van der Waals surface area contributed by atoms with Gasteiger partial charge in [-0.2, -0.15) is 0 Å². The highest BCUT2D eigenvalue weighted by atomic mass is 79.9. The summed E-state index contributed by atoms with van der Waals surface area (Å²) in [5.74, 6) is -0.742. The molecule has 0 atom stereocenters. The Hall–Kier alpha value is -3.30. The van der Waals surface area contributed by atoms with E-state index >= 15 is 0 Å². The van der Waals surface area contributed by atoms with Crippen LogP contribution in [0.5, 0.6) is 5.75 Å². The number of hydrogen-bond acceptors (Lipinski definition) is 4. The molecule has 2 aromatic heterocycles. The van der Waals surface area contributed by atoms with E-state index in [1.807, 2.05) is 6.07 Å². The van der Waals surface area contributed by atoms with Crippen molar-refractivity contribution in [1.29, 1.82) is 0 Å². The zero-order valence-electron chi connectivity index (χ0n) is 17.1. The summed E-state index contributed by atoms with van der Waals surface area (Å²) in [6, 6.07) is 13.8. The second-order valence-electron chi connectivity index (χ2n) is 7.11. The number of aromatic amines is 4. The molecule has 0 amide bonds. The Bertz CT molecular complexity index is 1310. The first-order valence-electron chi connectivity index (χ1n) is 9.47. The van der Waals surface area contributed by atoms with Crippen molar-refractivity contribution in [3.8, 4) is 5.75 Å². The summed E-state index contributed by atoms with van der Waals surface area (Å²) in [5.41, 5.74) is 2.70. The van der Waals surface area contributed by atoms with E-state index in [1.54, 1.807) is 56.3 Å². The summed E-state index contributed by atoms with van der Waals surface area (Å²) < 4.78 is 6.12. The van der Waals surface area contributed by atoms with E-state index in [2.05, 4.69) is 36.3 Å². The molecule has 166 valence electrons. The maximum absolute atomic E-state index is 12.5. The second kappa shape index (κ2) is 9.46. The number of esters is 1. The van der Waals surface area contributed by atoms with Gasteiger partial charge in [-0.1, -0.05) is 24.3 Å². The largest absolute Gasteiger partial charge is 0.423 e. The van der Waals surface area contributed by atoms with Gasteiger partial charge in [-0.3, -0.25) is 19.8 Å². The second-order valence-corrected chi connectivity index (χ2v) is 7.96. The molecular weight excluding hydrogens is 500 g/mol. The smallest absolute Gasteiger partial charge is 0.344 e. The van der Waals surface area contributed by atoms with Crippen LogP contribution in [0.2, 0.25) is 0 Å². The van der Waals surface area contributed by atoms with Gasteiger partial charge < -0.3 is 14.9 Å². The highest BCUT2D eigenvalue weighted by Crippen LogP contribution is 2.32. The van der Waals surface area contributed by atoms with Crippen LogP contribution < -0.4 is 15.9 Å². The normalized spacial score (nSPS) is 10.8. The van der Waals surface area contributed by atoms with Crippen LogP contribution in [0.1, 0.15) is 44.4 Å². The molecule has 0 aliphatic heterocycles. The van der Waals surface area contributed by atoms with Gasteiger partial charge >= 0.3 is 5.97 Å². The Labute approximate surface area is 196 Å². The van der Waals surface area contributed by atoms with Crippen molar-refractivity contribution >= 4 is 34.3 Å². The Balaban J connectivity index is 0.00000289. The average molecular weight is 520 g/mol. The molecule has 0 spiro atoms. The summed E-state index contributed by atoms with van der Waals surface area (Å²) in [6.07, 6.45) is 0. The molecule has 4 aromatic rings. The van der Waals surface area contributed by atoms with Crippen molar-refractivity contribution < 1.29 is 9.53 Å². The van der Waals surface area contributed by atoms with Gasteiger partial charge in [0, 0.05) is 21.8 Å². The highest BCUT2D eigenvalue weighted by molar-refractivity contribution is 9.10. The summed E-state index contributed by atoms with van der Waals surface area (Å²) in [6.45, 7) is 3.54. The van der Waals surface area contributed by atoms with E-state index in [-0.39, 0.29) is 23.5 Å². The minimum Gasteiger partial charge on any atom is -0.423 e. The lowest BCUT2D eigenvalue weighted by atomic mass is 9.85. The third kappa shape index (κ3) is 4.35. The first kappa shape index (κ1) is 23.4. The lowest BCUT2D eigenvalue weighted by molar-refractivity contribution is 0.0734. The lowest BCUT2D eigenvalue weighted by Crippen LogP contribution is -2.20. The molecule has 32 heavy (non-hydrogen) atoms. The SMILES string of the molecule is Cc1[nH][nH]c(=O)c1C(c1ccc(OC(=O)c2ccccc2Br)cc1)c1c(C)[nH][nH]c1=O.Cl. The first-order chi connectivity index (χ1) is 14.9. The molecule has 0 saturated heterocycles.